The Morgan fingerprint density at radius 1 is 1.13 bits per heavy atom. The van der Waals surface area contributed by atoms with E-state index in [0.717, 1.165) is 18.4 Å². The lowest BCUT2D eigenvalue weighted by Crippen LogP contribution is -2.45. The third kappa shape index (κ3) is 5.96. The Bertz CT molecular complexity index is 865. The van der Waals surface area contributed by atoms with Crippen LogP contribution in [-0.2, 0) is 14.9 Å². The standard InChI is InChI=1S/C24H28FNO3S2/c25-20-4-1-3-19(15-20)24(9-11-28-12-10-24)17-26-22(27)16-29-21-7-5-18(6-8-21)23-30-13-2-14-31-23/h1,3-8,15,23H,2,9-14,16-17H2,(H,26,27). The van der Waals surface area contributed by atoms with Gasteiger partial charge in [0.25, 0.3) is 5.91 Å². The second-order valence-electron chi connectivity index (χ2n) is 7.96. The van der Waals surface area contributed by atoms with Gasteiger partial charge < -0.3 is 14.8 Å². The van der Waals surface area contributed by atoms with Crippen molar-refractivity contribution in [3.05, 3.63) is 65.5 Å². The molecule has 0 atom stereocenters. The van der Waals surface area contributed by atoms with Crippen molar-refractivity contribution in [2.45, 2.75) is 29.3 Å². The zero-order valence-electron chi connectivity index (χ0n) is 17.5. The Morgan fingerprint density at radius 3 is 2.58 bits per heavy atom. The van der Waals surface area contributed by atoms with Gasteiger partial charge in [0.15, 0.2) is 6.61 Å². The van der Waals surface area contributed by atoms with E-state index < -0.39 is 0 Å². The zero-order chi connectivity index (χ0) is 21.5. The molecular formula is C24H28FNO3S2. The molecule has 0 radical (unpaired) electrons. The number of ether oxygens (including phenoxy) is 2. The number of hydrogen-bond donors (Lipinski definition) is 1. The molecule has 2 heterocycles. The maximum Gasteiger partial charge on any atom is 0.257 e. The Morgan fingerprint density at radius 2 is 1.87 bits per heavy atom. The molecule has 2 saturated heterocycles. The van der Waals surface area contributed by atoms with Crippen LogP contribution in [0.2, 0.25) is 0 Å². The van der Waals surface area contributed by atoms with E-state index in [1.807, 2.05) is 41.7 Å². The lowest BCUT2D eigenvalue weighted by molar-refractivity contribution is -0.123. The molecule has 0 unspecified atom stereocenters. The number of hydrogen-bond acceptors (Lipinski definition) is 5. The van der Waals surface area contributed by atoms with Gasteiger partial charge in [-0.25, -0.2) is 4.39 Å². The van der Waals surface area contributed by atoms with Crippen LogP contribution in [0.15, 0.2) is 48.5 Å². The van der Waals surface area contributed by atoms with Crippen molar-refractivity contribution >= 4 is 29.4 Å². The molecule has 166 valence electrons. The van der Waals surface area contributed by atoms with Crippen molar-refractivity contribution in [3.8, 4) is 5.75 Å². The van der Waals surface area contributed by atoms with E-state index in [1.54, 1.807) is 12.1 Å². The molecule has 4 rings (SSSR count). The molecule has 1 amide bonds. The normalized spacial score (nSPS) is 19.0. The lowest BCUT2D eigenvalue weighted by Gasteiger charge is -2.38. The van der Waals surface area contributed by atoms with E-state index in [1.165, 1.54) is 29.6 Å². The van der Waals surface area contributed by atoms with Gasteiger partial charge in [-0.3, -0.25) is 4.79 Å². The first kappa shape index (κ1) is 22.5. The molecule has 7 heteroatoms. The summed E-state index contributed by atoms with van der Waals surface area (Å²) in [5.41, 5.74) is 1.89. The third-order valence-corrected chi connectivity index (χ3v) is 8.88. The molecule has 0 spiro atoms. The van der Waals surface area contributed by atoms with Crippen LogP contribution < -0.4 is 10.1 Å². The molecule has 0 aliphatic carbocycles. The van der Waals surface area contributed by atoms with Crippen molar-refractivity contribution in [2.24, 2.45) is 0 Å². The second-order valence-corrected chi connectivity index (χ2v) is 10.7. The summed E-state index contributed by atoms with van der Waals surface area (Å²) in [5, 5.41) is 3.00. The molecule has 4 nitrogen and oxygen atoms in total. The highest BCUT2D eigenvalue weighted by molar-refractivity contribution is 8.16. The van der Waals surface area contributed by atoms with Gasteiger partial charge in [-0.15, -0.1) is 23.5 Å². The molecule has 0 aromatic heterocycles. The summed E-state index contributed by atoms with van der Waals surface area (Å²) < 4.78 is 25.5. The number of benzene rings is 2. The molecule has 2 aromatic carbocycles. The van der Waals surface area contributed by atoms with Crippen LogP contribution in [0.1, 0.15) is 35.0 Å². The van der Waals surface area contributed by atoms with Gasteiger partial charge in [-0.05, 0) is 66.2 Å². The summed E-state index contributed by atoms with van der Waals surface area (Å²) in [7, 11) is 0. The van der Waals surface area contributed by atoms with Crippen LogP contribution in [-0.4, -0.2) is 43.8 Å². The first-order valence-electron chi connectivity index (χ1n) is 10.7. The minimum Gasteiger partial charge on any atom is -0.484 e. The summed E-state index contributed by atoms with van der Waals surface area (Å²) in [6.07, 6.45) is 2.77. The molecule has 2 aliphatic heterocycles. The van der Waals surface area contributed by atoms with Gasteiger partial charge in [0.1, 0.15) is 11.6 Å². The Kier molecular flexibility index (Phi) is 7.80. The van der Waals surface area contributed by atoms with Crippen LogP contribution in [0.4, 0.5) is 4.39 Å². The first-order valence-corrected chi connectivity index (χ1v) is 12.8. The van der Waals surface area contributed by atoms with Crippen molar-refractivity contribution in [1.82, 2.24) is 5.32 Å². The minimum absolute atomic E-state index is 0.0397. The topological polar surface area (TPSA) is 47.6 Å². The minimum atomic E-state index is -0.313. The number of thioether (sulfide) groups is 2. The van der Waals surface area contributed by atoms with Crippen molar-refractivity contribution in [3.63, 3.8) is 0 Å². The third-order valence-electron chi connectivity index (χ3n) is 5.86. The average molecular weight is 462 g/mol. The largest absolute Gasteiger partial charge is 0.484 e. The van der Waals surface area contributed by atoms with Gasteiger partial charge in [-0.2, -0.15) is 0 Å². The van der Waals surface area contributed by atoms with Crippen molar-refractivity contribution in [1.29, 1.82) is 0 Å². The number of nitrogens with one attached hydrogen (secondary N) is 1. The average Bonchev–Trinajstić information content (AvgIpc) is 2.83. The van der Waals surface area contributed by atoms with Gasteiger partial charge >= 0.3 is 0 Å². The molecule has 2 aromatic rings. The number of amides is 1. The molecular weight excluding hydrogens is 433 g/mol. The summed E-state index contributed by atoms with van der Waals surface area (Å²) in [6, 6.07) is 14.7. The van der Waals surface area contributed by atoms with Crippen LogP contribution in [0.25, 0.3) is 0 Å². The van der Waals surface area contributed by atoms with E-state index in [9.17, 15) is 9.18 Å². The highest BCUT2D eigenvalue weighted by Crippen LogP contribution is 2.43. The van der Waals surface area contributed by atoms with Gasteiger partial charge in [0.05, 0.1) is 4.58 Å². The number of rotatable bonds is 7. The van der Waals surface area contributed by atoms with Crippen molar-refractivity contribution in [2.75, 3.05) is 37.9 Å². The Labute approximate surface area is 191 Å². The van der Waals surface area contributed by atoms with Crippen LogP contribution in [0, 0.1) is 5.82 Å². The maximum atomic E-state index is 13.8. The van der Waals surface area contributed by atoms with Crippen LogP contribution in [0.5, 0.6) is 5.75 Å². The molecule has 0 saturated carbocycles. The van der Waals surface area contributed by atoms with E-state index in [-0.39, 0.29) is 23.7 Å². The number of carbonyl (C=O) groups excluding carboxylic acids is 1. The zero-order valence-corrected chi connectivity index (χ0v) is 19.1. The fourth-order valence-corrected chi connectivity index (χ4v) is 6.91. The second kappa shape index (κ2) is 10.7. The van der Waals surface area contributed by atoms with E-state index in [2.05, 4.69) is 17.4 Å². The van der Waals surface area contributed by atoms with Gasteiger partial charge in [0.2, 0.25) is 0 Å². The quantitative estimate of drug-likeness (QED) is 0.633. The number of carbonyl (C=O) groups is 1. The van der Waals surface area contributed by atoms with E-state index in [4.69, 9.17) is 9.47 Å². The predicted molar refractivity (Wildman–Crippen MR) is 125 cm³/mol. The fraction of sp³-hybridized carbons (Fsp3) is 0.458. The molecule has 0 bridgehead atoms. The van der Waals surface area contributed by atoms with Crippen LogP contribution >= 0.6 is 23.5 Å². The van der Waals surface area contributed by atoms with Crippen molar-refractivity contribution < 1.29 is 18.7 Å². The first-order chi connectivity index (χ1) is 15.1. The van der Waals surface area contributed by atoms with Crippen LogP contribution in [0.3, 0.4) is 0 Å². The monoisotopic (exact) mass is 461 g/mol. The summed E-state index contributed by atoms with van der Waals surface area (Å²) >= 11 is 3.97. The predicted octanol–water partition coefficient (Wildman–Crippen LogP) is 4.94. The highest BCUT2D eigenvalue weighted by atomic mass is 32.2. The number of halogens is 1. The lowest BCUT2D eigenvalue weighted by atomic mass is 9.74. The Hall–Kier alpha value is -1.70. The van der Waals surface area contributed by atoms with Gasteiger partial charge in [0, 0.05) is 25.2 Å². The maximum absolute atomic E-state index is 13.8. The van der Waals surface area contributed by atoms with E-state index in [0.29, 0.717) is 30.1 Å². The summed E-state index contributed by atoms with van der Waals surface area (Å²) in [5.74, 6) is 2.67. The van der Waals surface area contributed by atoms with E-state index >= 15 is 0 Å². The molecule has 2 aliphatic rings. The smallest absolute Gasteiger partial charge is 0.257 e. The highest BCUT2D eigenvalue weighted by Gasteiger charge is 2.35. The van der Waals surface area contributed by atoms with Gasteiger partial charge in [-0.1, -0.05) is 24.3 Å². The summed E-state index contributed by atoms with van der Waals surface area (Å²) in [6.45, 7) is 1.61. The fourth-order valence-electron chi connectivity index (χ4n) is 4.02. The SMILES string of the molecule is O=C(COc1ccc(C2SCCCS2)cc1)NCC1(c2cccc(F)c2)CCOCC1. The Balaban J connectivity index is 1.30. The molecule has 31 heavy (non-hydrogen) atoms. The summed E-state index contributed by atoms with van der Waals surface area (Å²) in [4.78, 5) is 12.5. The molecule has 1 N–H and O–H groups in total. The molecule has 2 fully saturated rings.